The van der Waals surface area contributed by atoms with Crippen molar-refractivity contribution in [2.75, 3.05) is 13.1 Å². The van der Waals surface area contributed by atoms with Crippen molar-refractivity contribution in [3.8, 4) is 5.69 Å². The van der Waals surface area contributed by atoms with Crippen LogP contribution in [-0.4, -0.2) is 38.2 Å². The molecule has 5 rings (SSSR count). The van der Waals surface area contributed by atoms with Crippen LogP contribution in [-0.2, 0) is 11.8 Å². The number of rotatable bonds is 3. The van der Waals surface area contributed by atoms with Crippen LogP contribution in [0.3, 0.4) is 0 Å². The van der Waals surface area contributed by atoms with E-state index in [0.717, 1.165) is 50.3 Å². The van der Waals surface area contributed by atoms with Crippen molar-refractivity contribution < 1.29 is 4.79 Å². The lowest BCUT2D eigenvalue weighted by molar-refractivity contribution is -0.137. The van der Waals surface area contributed by atoms with E-state index < -0.39 is 0 Å². The molecule has 6 nitrogen and oxygen atoms in total. The van der Waals surface area contributed by atoms with Gasteiger partial charge >= 0.3 is 5.69 Å². The van der Waals surface area contributed by atoms with Gasteiger partial charge in [0.25, 0.3) is 0 Å². The summed E-state index contributed by atoms with van der Waals surface area (Å²) in [5, 5.41) is 4.54. The fraction of sp³-hybridized carbons (Fsp3) is 0.500. The summed E-state index contributed by atoms with van der Waals surface area (Å²) in [6.45, 7) is 1.50. The number of likely N-dealkylation sites (tertiary alicyclic amines) is 1. The monoisotopic (exact) mass is 378 g/mol. The zero-order valence-electron chi connectivity index (χ0n) is 16.2. The Morgan fingerprint density at radius 3 is 2.46 bits per heavy atom. The third-order valence-corrected chi connectivity index (χ3v) is 6.73. The third-order valence-electron chi connectivity index (χ3n) is 6.73. The van der Waals surface area contributed by atoms with Gasteiger partial charge in [0.1, 0.15) is 5.82 Å². The lowest BCUT2D eigenvalue weighted by Gasteiger charge is -2.34. The van der Waals surface area contributed by atoms with Crippen LogP contribution in [0.1, 0.15) is 37.4 Å². The second-order valence-corrected chi connectivity index (χ2v) is 8.42. The highest BCUT2D eigenvalue weighted by atomic mass is 16.2. The predicted octanol–water partition coefficient (Wildman–Crippen LogP) is 2.49. The Morgan fingerprint density at radius 1 is 1.07 bits per heavy atom. The second kappa shape index (κ2) is 6.76. The lowest BCUT2D eigenvalue weighted by atomic mass is 9.90. The zero-order valence-corrected chi connectivity index (χ0v) is 16.2. The molecule has 0 unspecified atom stereocenters. The molecular weight excluding hydrogens is 352 g/mol. The van der Waals surface area contributed by atoms with Crippen molar-refractivity contribution in [1.82, 2.24) is 19.2 Å². The van der Waals surface area contributed by atoms with Crippen LogP contribution < -0.4 is 5.69 Å². The van der Waals surface area contributed by atoms with E-state index in [1.54, 1.807) is 11.6 Å². The molecule has 1 aromatic heterocycles. The molecule has 3 aliphatic rings. The van der Waals surface area contributed by atoms with Crippen LogP contribution in [0.15, 0.2) is 47.3 Å². The molecule has 1 amide bonds. The summed E-state index contributed by atoms with van der Waals surface area (Å²) in [5.41, 5.74) is 0.733. The van der Waals surface area contributed by atoms with Gasteiger partial charge in [0.2, 0.25) is 5.91 Å². The topological polar surface area (TPSA) is 60.1 Å². The fourth-order valence-corrected chi connectivity index (χ4v) is 5.23. The largest absolute Gasteiger partial charge is 0.350 e. The maximum atomic E-state index is 13.0. The second-order valence-electron chi connectivity index (χ2n) is 8.42. The number of para-hydroxylation sites is 1. The first-order valence-electron chi connectivity index (χ1n) is 10.3. The van der Waals surface area contributed by atoms with Gasteiger partial charge in [-0.3, -0.25) is 4.79 Å². The molecule has 1 saturated heterocycles. The predicted molar refractivity (Wildman–Crippen MR) is 106 cm³/mol. The minimum atomic E-state index is -0.117. The number of hydrogen-bond donors (Lipinski definition) is 0. The zero-order chi connectivity index (χ0) is 19.3. The van der Waals surface area contributed by atoms with E-state index in [1.165, 1.54) is 4.68 Å². The third kappa shape index (κ3) is 2.82. The minimum Gasteiger partial charge on any atom is -0.342 e. The first-order chi connectivity index (χ1) is 13.6. The summed E-state index contributed by atoms with van der Waals surface area (Å²) >= 11 is 0. The number of carbonyl (C=O) groups excluding carboxylic acids is 1. The normalized spacial score (nSPS) is 26.9. The number of hydrogen-bond acceptors (Lipinski definition) is 3. The molecule has 0 N–H and O–H groups in total. The molecule has 1 aliphatic heterocycles. The van der Waals surface area contributed by atoms with Gasteiger partial charge in [0.15, 0.2) is 0 Å². The molecule has 2 aromatic rings. The van der Waals surface area contributed by atoms with Gasteiger partial charge in [-0.05, 0) is 49.7 Å². The fourth-order valence-electron chi connectivity index (χ4n) is 5.23. The summed E-state index contributed by atoms with van der Waals surface area (Å²) in [6.07, 6.45) is 8.41. The standard InChI is InChI=1S/C22H26N4O2/c1-24-22(28)26(18-5-3-2-4-6-18)20(23-24)16-9-11-25(12-10-16)21(27)19-14-15-7-8-17(19)13-15/h2-8,15-17,19H,9-14H2,1H3/t15-,17+,19+/m1/s1. The Kier molecular flexibility index (Phi) is 4.22. The molecule has 2 fully saturated rings. The van der Waals surface area contributed by atoms with Crippen molar-refractivity contribution in [1.29, 1.82) is 0 Å². The number of carbonyl (C=O) groups is 1. The summed E-state index contributed by atoms with van der Waals surface area (Å²) < 4.78 is 3.14. The van der Waals surface area contributed by atoms with Crippen molar-refractivity contribution in [3.63, 3.8) is 0 Å². The van der Waals surface area contributed by atoms with E-state index in [9.17, 15) is 9.59 Å². The van der Waals surface area contributed by atoms with Gasteiger partial charge in [0.05, 0.1) is 5.69 Å². The summed E-state index contributed by atoms with van der Waals surface area (Å²) in [6, 6.07) is 9.69. The van der Waals surface area contributed by atoms with Crippen LogP contribution >= 0.6 is 0 Å². The van der Waals surface area contributed by atoms with Crippen LogP contribution in [0.2, 0.25) is 0 Å². The Labute approximate surface area is 164 Å². The van der Waals surface area contributed by atoms with Crippen LogP contribution in [0, 0.1) is 17.8 Å². The lowest BCUT2D eigenvalue weighted by Crippen LogP contribution is -2.42. The van der Waals surface area contributed by atoms with Gasteiger partial charge in [-0.25, -0.2) is 14.0 Å². The van der Waals surface area contributed by atoms with Crippen LogP contribution in [0.4, 0.5) is 0 Å². The first kappa shape index (κ1) is 17.5. The number of aromatic nitrogens is 3. The number of fused-ring (bicyclic) bond motifs is 2. The van der Waals surface area contributed by atoms with E-state index in [4.69, 9.17) is 0 Å². The molecule has 3 atom stereocenters. The van der Waals surface area contributed by atoms with Crippen molar-refractivity contribution in [2.24, 2.45) is 24.8 Å². The van der Waals surface area contributed by atoms with E-state index in [2.05, 4.69) is 17.3 Å². The molecule has 1 saturated carbocycles. The molecule has 28 heavy (non-hydrogen) atoms. The number of amides is 1. The summed E-state index contributed by atoms with van der Waals surface area (Å²) in [4.78, 5) is 27.7. The Hall–Kier alpha value is -2.63. The molecule has 6 heteroatoms. The number of aryl methyl sites for hydroxylation is 1. The SMILES string of the molecule is Cn1nc(C2CCN(C(=O)[C@H]3C[C@@H]4C=C[C@H]3C4)CC2)n(-c2ccccc2)c1=O. The smallest absolute Gasteiger partial charge is 0.342 e. The average molecular weight is 378 g/mol. The highest BCUT2D eigenvalue weighted by molar-refractivity contribution is 5.80. The molecule has 2 bridgehead atoms. The molecule has 2 aliphatic carbocycles. The van der Waals surface area contributed by atoms with E-state index in [0.29, 0.717) is 17.7 Å². The summed E-state index contributed by atoms with van der Waals surface area (Å²) in [7, 11) is 1.70. The number of benzene rings is 1. The Morgan fingerprint density at radius 2 is 1.82 bits per heavy atom. The number of nitrogens with zero attached hydrogens (tertiary/aromatic N) is 4. The van der Waals surface area contributed by atoms with Crippen molar-refractivity contribution >= 4 is 5.91 Å². The van der Waals surface area contributed by atoms with E-state index >= 15 is 0 Å². The first-order valence-corrected chi connectivity index (χ1v) is 10.3. The maximum Gasteiger partial charge on any atom is 0.350 e. The molecule has 1 aromatic carbocycles. The number of allylic oxidation sites excluding steroid dienone is 2. The average Bonchev–Trinajstić information content (AvgIpc) is 3.44. The molecule has 146 valence electrons. The van der Waals surface area contributed by atoms with Crippen LogP contribution in [0.5, 0.6) is 0 Å². The van der Waals surface area contributed by atoms with Gasteiger partial charge in [-0.15, -0.1) is 0 Å². The van der Waals surface area contributed by atoms with E-state index in [-0.39, 0.29) is 17.5 Å². The van der Waals surface area contributed by atoms with Crippen LogP contribution in [0.25, 0.3) is 5.69 Å². The van der Waals surface area contributed by atoms with Gasteiger partial charge in [-0.2, -0.15) is 5.10 Å². The van der Waals surface area contributed by atoms with E-state index in [1.807, 2.05) is 35.2 Å². The summed E-state index contributed by atoms with van der Waals surface area (Å²) in [5.74, 6) is 2.59. The molecule has 0 radical (unpaired) electrons. The molecule has 2 heterocycles. The molecular formula is C22H26N4O2. The Bertz CT molecular complexity index is 966. The maximum absolute atomic E-state index is 13.0. The van der Waals surface area contributed by atoms with Gasteiger partial charge in [0, 0.05) is 32.0 Å². The van der Waals surface area contributed by atoms with Crippen molar-refractivity contribution in [3.05, 3.63) is 58.8 Å². The van der Waals surface area contributed by atoms with Gasteiger partial charge < -0.3 is 4.90 Å². The molecule has 0 spiro atoms. The number of piperidine rings is 1. The highest BCUT2D eigenvalue weighted by Crippen LogP contribution is 2.44. The van der Waals surface area contributed by atoms with Gasteiger partial charge in [-0.1, -0.05) is 30.4 Å². The van der Waals surface area contributed by atoms with Crippen molar-refractivity contribution in [2.45, 2.75) is 31.6 Å². The highest BCUT2D eigenvalue weighted by Gasteiger charge is 2.42. The quantitative estimate of drug-likeness (QED) is 0.771. The Balaban J connectivity index is 1.33. The minimum absolute atomic E-state index is 0.117.